The minimum Gasteiger partial charge on any atom is -0.422 e. The lowest BCUT2D eigenvalue weighted by atomic mass is 10.1. The summed E-state index contributed by atoms with van der Waals surface area (Å²) in [4.78, 5) is 14.4. The topological polar surface area (TPSA) is 33.5 Å². The van der Waals surface area contributed by atoms with Crippen LogP contribution in [-0.2, 0) is 0 Å². The van der Waals surface area contributed by atoms with Crippen molar-refractivity contribution in [3.8, 4) is 0 Å². The van der Waals surface area contributed by atoms with Crippen LogP contribution in [0.4, 0.5) is 5.69 Å². The van der Waals surface area contributed by atoms with Crippen LogP contribution in [0.2, 0.25) is 0 Å². The predicted molar refractivity (Wildman–Crippen MR) is 83.3 cm³/mol. The molecule has 1 aliphatic heterocycles. The van der Waals surface area contributed by atoms with E-state index in [1.165, 1.54) is 12.8 Å². The summed E-state index contributed by atoms with van der Waals surface area (Å²) >= 11 is 0. The lowest BCUT2D eigenvalue weighted by Gasteiger charge is -2.17. The van der Waals surface area contributed by atoms with Gasteiger partial charge in [0, 0.05) is 30.2 Å². The number of anilines is 1. The maximum Gasteiger partial charge on any atom is 0.343 e. The minimum atomic E-state index is -0.258. The molecule has 3 nitrogen and oxygen atoms in total. The zero-order chi connectivity index (χ0) is 14.1. The first-order valence-corrected chi connectivity index (χ1v) is 7.15. The van der Waals surface area contributed by atoms with E-state index < -0.39 is 0 Å². The highest BCUT2D eigenvalue weighted by molar-refractivity contribution is 5.83. The monoisotopic (exact) mass is 269 g/mol. The Bertz CT molecular complexity index is 721. The molecule has 2 aromatic rings. The van der Waals surface area contributed by atoms with Gasteiger partial charge in [0.1, 0.15) is 5.58 Å². The SMILES string of the molecule is CC=C(C)c1cc2ccc(N3CCCC3)cc2oc1=O. The van der Waals surface area contributed by atoms with Crippen LogP contribution in [0.15, 0.2) is 39.6 Å². The van der Waals surface area contributed by atoms with Crippen molar-refractivity contribution in [2.45, 2.75) is 26.7 Å². The number of allylic oxidation sites excluding steroid dienone is 2. The molecule has 1 aromatic carbocycles. The van der Waals surface area contributed by atoms with E-state index in [9.17, 15) is 4.79 Å². The molecule has 0 aliphatic carbocycles. The van der Waals surface area contributed by atoms with Crippen LogP contribution in [0.1, 0.15) is 32.3 Å². The maximum atomic E-state index is 12.0. The molecule has 1 aromatic heterocycles. The van der Waals surface area contributed by atoms with Gasteiger partial charge in [0.05, 0.1) is 5.56 Å². The van der Waals surface area contributed by atoms with Crippen molar-refractivity contribution in [3.63, 3.8) is 0 Å². The van der Waals surface area contributed by atoms with E-state index >= 15 is 0 Å². The highest BCUT2D eigenvalue weighted by atomic mass is 16.4. The molecule has 3 heteroatoms. The molecule has 0 amide bonds. The molecule has 2 heterocycles. The first kappa shape index (κ1) is 13.0. The molecule has 104 valence electrons. The third-order valence-electron chi connectivity index (χ3n) is 4.05. The molecule has 0 spiro atoms. The Hall–Kier alpha value is -2.03. The summed E-state index contributed by atoms with van der Waals surface area (Å²) < 4.78 is 5.49. The van der Waals surface area contributed by atoms with Gasteiger partial charge in [-0.15, -0.1) is 0 Å². The highest BCUT2D eigenvalue weighted by Crippen LogP contribution is 2.25. The van der Waals surface area contributed by atoms with Crippen molar-refractivity contribution < 1.29 is 4.42 Å². The number of hydrogen-bond acceptors (Lipinski definition) is 3. The standard InChI is InChI=1S/C17H19NO2/c1-3-12(2)15-10-13-6-7-14(18-8-4-5-9-18)11-16(13)20-17(15)19/h3,6-7,10-11H,4-5,8-9H2,1-2H3. The summed E-state index contributed by atoms with van der Waals surface area (Å²) in [5.74, 6) is 0. The molecule has 1 aliphatic rings. The van der Waals surface area contributed by atoms with E-state index in [1.807, 2.05) is 38.1 Å². The van der Waals surface area contributed by atoms with E-state index in [4.69, 9.17) is 4.42 Å². The Balaban J connectivity index is 2.10. The average molecular weight is 269 g/mol. The van der Waals surface area contributed by atoms with Gasteiger partial charge in [-0.05, 0) is 50.5 Å². The number of hydrogen-bond donors (Lipinski definition) is 0. The Morgan fingerprint density at radius 3 is 2.70 bits per heavy atom. The van der Waals surface area contributed by atoms with Crippen LogP contribution in [0, 0.1) is 0 Å². The summed E-state index contributed by atoms with van der Waals surface area (Å²) in [5, 5.41) is 0.976. The van der Waals surface area contributed by atoms with Crippen LogP contribution >= 0.6 is 0 Å². The third-order valence-corrected chi connectivity index (χ3v) is 4.05. The second-order valence-electron chi connectivity index (χ2n) is 5.34. The third kappa shape index (κ3) is 2.24. The summed E-state index contributed by atoms with van der Waals surface area (Å²) in [6.45, 7) is 6.03. The Labute approximate surface area is 118 Å². The van der Waals surface area contributed by atoms with Crippen LogP contribution in [-0.4, -0.2) is 13.1 Å². The molecular weight excluding hydrogens is 250 g/mol. The molecule has 0 unspecified atom stereocenters. The Morgan fingerprint density at radius 2 is 2.00 bits per heavy atom. The first-order chi connectivity index (χ1) is 9.69. The fraction of sp³-hybridized carbons (Fsp3) is 0.353. The average Bonchev–Trinajstić information content (AvgIpc) is 2.99. The molecular formula is C17H19NO2. The molecule has 3 rings (SSSR count). The van der Waals surface area contributed by atoms with Crippen LogP contribution in [0.3, 0.4) is 0 Å². The summed E-state index contributed by atoms with van der Waals surface area (Å²) in [6.07, 6.45) is 4.40. The normalized spacial score (nSPS) is 16.1. The second-order valence-corrected chi connectivity index (χ2v) is 5.34. The van der Waals surface area contributed by atoms with Gasteiger partial charge in [-0.25, -0.2) is 4.79 Å². The summed E-state index contributed by atoms with van der Waals surface area (Å²) in [5.41, 5.74) is 3.16. The van der Waals surface area contributed by atoms with E-state index in [-0.39, 0.29) is 5.63 Å². The van der Waals surface area contributed by atoms with Gasteiger partial charge in [-0.3, -0.25) is 0 Å². The van der Waals surface area contributed by atoms with Crippen molar-refractivity contribution in [1.29, 1.82) is 0 Å². The molecule has 0 N–H and O–H groups in total. The van der Waals surface area contributed by atoms with Crippen molar-refractivity contribution in [1.82, 2.24) is 0 Å². The number of nitrogens with zero attached hydrogens (tertiary/aromatic N) is 1. The summed E-state index contributed by atoms with van der Waals surface area (Å²) in [7, 11) is 0. The molecule has 0 atom stereocenters. The molecule has 0 saturated carbocycles. The van der Waals surface area contributed by atoms with E-state index in [0.29, 0.717) is 11.1 Å². The van der Waals surface area contributed by atoms with Gasteiger partial charge in [-0.2, -0.15) is 0 Å². The minimum absolute atomic E-state index is 0.258. The van der Waals surface area contributed by atoms with Crippen LogP contribution < -0.4 is 10.5 Å². The molecule has 0 radical (unpaired) electrons. The molecule has 1 fully saturated rings. The van der Waals surface area contributed by atoms with Crippen molar-refractivity contribution in [2.24, 2.45) is 0 Å². The van der Waals surface area contributed by atoms with E-state index in [0.717, 1.165) is 29.7 Å². The van der Waals surface area contributed by atoms with Crippen molar-refractivity contribution in [2.75, 3.05) is 18.0 Å². The van der Waals surface area contributed by atoms with Gasteiger partial charge >= 0.3 is 5.63 Å². The van der Waals surface area contributed by atoms with Crippen molar-refractivity contribution in [3.05, 3.63) is 46.3 Å². The lowest BCUT2D eigenvalue weighted by molar-refractivity contribution is 0.558. The molecule has 20 heavy (non-hydrogen) atoms. The van der Waals surface area contributed by atoms with E-state index in [2.05, 4.69) is 11.0 Å². The summed E-state index contributed by atoms with van der Waals surface area (Å²) in [6, 6.07) is 8.06. The Kier molecular flexibility index (Phi) is 3.35. The van der Waals surface area contributed by atoms with Crippen molar-refractivity contribution >= 4 is 22.2 Å². The largest absolute Gasteiger partial charge is 0.422 e. The number of rotatable bonds is 2. The quantitative estimate of drug-likeness (QED) is 0.777. The van der Waals surface area contributed by atoms with Gasteiger partial charge in [0.15, 0.2) is 0 Å². The number of fused-ring (bicyclic) bond motifs is 1. The predicted octanol–water partition coefficient (Wildman–Crippen LogP) is 3.82. The molecule has 0 bridgehead atoms. The van der Waals surface area contributed by atoms with Gasteiger partial charge in [0.25, 0.3) is 0 Å². The van der Waals surface area contributed by atoms with E-state index in [1.54, 1.807) is 0 Å². The van der Waals surface area contributed by atoms with Gasteiger partial charge in [-0.1, -0.05) is 6.08 Å². The maximum absolute atomic E-state index is 12.0. The molecule has 1 saturated heterocycles. The fourth-order valence-electron chi connectivity index (χ4n) is 2.70. The Morgan fingerprint density at radius 1 is 1.25 bits per heavy atom. The zero-order valence-electron chi connectivity index (χ0n) is 12.0. The van der Waals surface area contributed by atoms with Crippen LogP contribution in [0.25, 0.3) is 16.5 Å². The zero-order valence-corrected chi connectivity index (χ0v) is 12.0. The lowest BCUT2D eigenvalue weighted by Crippen LogP contribution is -2.17. The fourth-order valence-corrected chi connectivity index (χ4v) is 2.70. The number of benzene rings is 1. The highest BCUT2D eigenvalue weighted by Gasteiger charge is 2.14. The second kappa shape index (κ2) is 5.16. The van der Waals surface area contributed by atoms with Gasteiger partial charge < -0.3 is 9.32 Å². The first-order valence-electron chi connectivity index (χ1n) is 7.15. The van der Waals surface area contributed by atoms with Crippen LogP contribution in [0.5, 0.6) is 0 Å². The van der Waals surface area contributed by atoms with Gasteiger partial charge in [0.2, 0.25) is 0 Å². The smallest absolute Gasteiger partial charge is 0.343 e.